The molecule has 0 spiro atoms. The molecule has 2 unspecified atom stereocenters. The first-order valence-corrected chi connectivity index (χ1v) is 13.2. The van der Waals surface area contributed by atoms with Crippen molar-refractivity contribution in [2.75, 3.05) is 0 Å². The molecule has 3 saturated carbocycles. The molecule has 1 heterocycles. The van der Waals surface area contributed by atoms with Crippen molar-refractivity contribution < 1.29 is 14.4 Å². The summed E-state index contributed by atoms with van der Waals surface area (Å²) in [5.74, 6) is 1.46. The number of imide groups is 1. The van der Waals surface area contributed by atoms with Gasteiger partial charge in [-0.25, -0.2) is 4.79 Å². The standard InChI is InChI=1S/C28H45N3O3/c1-25(2,3)30-24(34)31(26(4,5)6)23(33)20-11-10-18-17-9-12-21-28(8,16-14-22(32)29-21)19(17)13-15-27(18,20)7/h14,16-21H,9-13,15H2,1-8H3,(H,29,32)(H,30,34)/t17-,18-,19+,20?,21?,27-,28+/m0/s1. The predicted octanol–water partition coefficient (Wildman–Crippen LogP) is 5.04. The third kappa shape index (κ3) is 4.09. The number of rotatable bonds is 1. The van der Waals surface area contributed by atoms with Crippen LogP contribution in [0, 0.1) is 34.5 Å². The van der Waals surface area contributed by atoms with E-state index in [1.54, 1.807) is 6.08 Å². The van der Waals surface area contributed by atoms with Gasteiger partial charge in [0.2, 0.25) is 11.8 Å². The highest BCUT2D eigenvalue weighted by Gasteiger charge is 2.61. The fourth-order valence-corrected chi connectivity index (χ4v) is 8.01. The quantitative estimate of drug-likeness (QED) is 0.563. The summed E-state index contributed by atoms with van der Waals surface area (Å²) in [6.07, 6.45) is 9.97. The second-order valence-corrected chi connectivity index (χ2v) is 13.9. The molecule has 0 saturated heterocycles. The van der Waals surface area contributed by atoms with E-state index < -0.39 is 11.1 Å². The molecule has 0 aromatic rings. The van der Waals surface area contributed by atoms with E-state index in [2.05, 4.69) is 30.6 Å². The van der Waals surface area contributed by atoms with E-state index >= 15 is 0 Å². The molecule has 0 aromatic heterocycles. The lowest BCUT2D eigenvalue weighted by Gasteiger charge is -2.59. The molecule has 4 rings (SSSR count). The summed E-state index contributed by atoms with van der Waals surface area (Å²) in [7, 11) is 0. The molecule has 0 radical (unpaired) electrons. The molecule has 3 fully saturated rings. The molecular formula is C28H45N3O3. The number of carbonyl (C=O) groups excluding carboxylic acids is 3. The summed E-state index contributed by atoms with van der Waals surface area (Å²) in [6.45, 7) is 16.3. The number of hydrogen-bond acceptors (Lipinski definition) is 3. The fourth-order valence-electron chi connectivity index (χ4n) is 8.01. The Kier molecular flexibility index (Phi) is 6.01. The lowest BCUT2D eigenvalue weighted by molar-refractivity contribution is -0.144. The zero-order valence-corrected chi connectivity index (χ0v) is 22.5. The Balaban J connectivity index is 1.60. The van der Waals surface area contributed by atoms with E-state index in [1.807, 2.05) is 41.5 Å². The zero-order valence-electron chi connectivity index (χ0n) is 22.5. The van der Waals surface area contributed by atoms with Crippen LogP contribution in [-0.2, 0) is 9.59 Å². The number of nitrogens with zero attached hydrogens (tertiary/aromatic N) is 1. The highest BCUT2D eigenvalue weighted by atomic mass is 16.2. The number of amides is 4. The van der Waals surface area contributed by atoms with Gasteiger partial charge < -0.3 is 10.6 Å². The van der Waals surface area contributed by atoms with E-state index in [-0.39, 0.29) is 40.6 Å². The number of carbonyl (C=O) groups is 3. The summed E-state index contributed by atoms with van der Waals surface area (Å²) in [4.78, 5) is 40.8. The molecule has 6 heteroatoms. The Morgan fingerprint density at radius 3 is 2.29 bits per heavy atom. The minimum atomic E-state index is -0.589. The van der Waals surface area contributed by atoms with Crippen LogP contribution in [0.3, 0.4) is 0 Å². The van der Waals surface area contributed by atoms with Crippen LogP contribution in [0.2, 0.25) is 0 Å². The summed E-state index contributed by atoms with van der Waals surface area (Å²) < 4.78 is 0. The minimum absolute atomic E-state index is 0.00963. The molecular weight excluding hydrogens is 426 g/mol. The van der Waals surface area contributed by atoms with Crippen LogP contribution in [0.4, 0.5) is 4.79 Å². The maximum absolute atomic E-state index is 14.1. The van der Waals surface area contributed by atoms with E-state index in [0.717, 1.165) is 38.5 Å². The van der Waals surface area contributed by atoms with Crippen molar-refractivity contribution in [3.63, 3.8) is 0 Å². The van der Waals surface area contributed by atoms with Crippen LogP contribution in [0.25, 0.3) is 0 Å². The van der Waals surface area contributed by atoms with E-state index in [9.17, 15) is 14.4 Å². The first kappa shape index (κ1) is 25.2. The van der Waals surface area contributed by atoms with E-state index in [0.29, 0.717) is 17.8 Å². The highest BCUT2D eigenvalue weighted by molar-refractivity contribution is 5.97. The summed E-state index contributed by atoms with van der Waals surface area (Å²) >= 11 is 0. The van der Waals surface area contributed by atoms with Gasteiger partial charge in [-0.2, -0.15) is 0 Å². The Morgan fingerprint density at radius 2 is 1.68 bits per heavy atom. The lowest BCUT2D eigenvalue weighted by atomic mass is 9.48. The molecule has 190 valence electrons. The molecule has 0 aromatic carbocycles. The largest absolute Gasteiger partial charge is 0.349 e. The average molecular weight is 472 g/mol. The molecule has 7 atom stereocenters. The second-order valence-electron chi connectivity index (χ2n) is 13.9. The number of hydrogen-bond donors (Lipinski definition) is 2. The van der Waals surface area contributed by atoms with Gasteiger partial charge in [-0.15, -0.1) is 0 Å². The van der Waals surface area contributed by atoms with Crippen molar-refractivity contribution in [3.8, 4) is 0 Å². The molecule has 2 N–H and O–H groups in total. The molecule has 6 nitrogen and oxygen atoms in total. The van der Waals surface area contributed by atoms with E-state index in [1.165, 1.54) is 4.90 Å². The van der Waals surface area contributed by atoms with Gasteiger partial charge in [0.15, 0.2) is 0 Å². The number of nitrogens with one attached hydrogen (secondary N) is 2. The lowest BCUT2D eigenvalue weighted by Crippen LogP contribution is -2.61. The van der Waals surface area contributed by atoms with Crippen LogP contribution in [0.15, 0.2) is 12.2 Å². The maximum atomic E-state index is 14.1. The van der Waals surface area contributed by atoms with Gasteiger partial charge in [-0.05, 0) is 109 Å². The summed E-state index contributed by atoms with van der Waals surface area (Å²) in [6, 6.07) is -0.0752. The maximum Gasteiger partial charge on any atom is 0.324 e. The van der Waals surface area contributed by atoms with Gasteiger partial charge in [-0.1, -0.05) is 19.9 Å². The Bertz CT molecular complexity index is 898. The Hall–Kier alpha value is -1.85. The van der Waals surface area contributed by atoms with Crippen LogP contribution >= 0.6 is 0 Å². The van der Waals surface area contributed by atoms with Crippen LogP contribution in [0.1, 0.15) is 93.9 Å². The molecule has 34 heavy (non-hydrogen) atoms. The van der Waals surface area contributed by atoms with Gasteiger partial charge in [0.05, 0.1) is 0 Å². The van der Waals surface area contributed by atoms with Crippen molar-refractivity contribution in [1.29, 1.82) is 0 Å². The normalized spacial score (nSPS) is 39.4. The predicted molar refractivity (Wildman–Crippen MR) is 134 cm³/mol. The van der Waals surface area contributed by atoms with Gasteiger partial charge in [0.1, 0.15) is 0 Å². The number of urea groups is 1. The molecule has 4 amide bonds. The first-order chi connectivity index (χ1) is 15.6. The summed E-state index contributed by atoms with van der Waals surface area (Å²) in [5, 5.41) is 6.24. The Morgan fingerprint density at radius 1 is 1.00 bits per heavy atom. The number of fused-ring (bicyclic) bond motifs is 5. The van der Waals surface area contributed by atoms with Gasteiger partial charge in [-0.3, -0.25) is 14.5 Å². The minimum Gasteiger partial charge on any atom is -0.349 e. The van der Waals surface area contributed by atoms with Gasteiger partial charge in [0, 0.05) is 28.5 Å². The second kappa shape index (κ2) is 8.09. The van der Waals surface area contributed by atoms with Crippen molar-refractivity contribution in [1.82, 2.24) is 15.5 Å². The third-order valence-electron chi connectivity index (χ3n) is 9.56. The van der Waals surface area contributed by atoms with Crippen molar-refractivity contribution in [2.24, 2.45) is 34.5 Å². The molecule has 1 aliphatic heterocycles. The van der Waals surface area contributed by atoms with Crippen LogP contribution in [-0.4, -0.2) is 39.9 Å². The average Bonchev–Trinajstić information content (AvgIpc) is 3.03. The SMILES string of the molecule is CC(C)(C)NC(=O)N(C(=O)C1CC[C@H]2[C@@H]3CCC4NC(=O)C=C[C@]4(C)[C@@H]3CC[C@]12C)C(C)(C)C. The zero-order chi connectivity index (χ0) is 25.3. The van der Waals surface area contributed by atoms with Gasteiger partial charge >= 0.3 is 6.03 Å². The van der Waals surface area contributed by atoms with Crippen LogP contribution < -0.4 is 10.6 Å². The monoisotopic (exact) mass is 471 g/mol. The highest BCUT2D eigenvalue weighted by Crippen LogP contribution is 2.65. The van der Waals surface area contributed by atoms with Crippen LogP contribution in [0.5, 0.6) is 0 Å². The molecule has 3 aliphatic carbocycles. The molecule has 4 aliphatic rings. The summed E-state index contributed by atoms with van der Waals surface area (Å²) in [5.41, 5.74) is -1.09. The Labute approximate surface area is 205 Å². The topological polar surface area (TPSA) is 78.5 Å². The van der Waals surface area contributed by atoms with Crippen molar-refractivity contribution >= 4 is 17.8 Å². The van der Waals surface area contributed by atoms with Crippen molar-refractivity contribution in [3.05, 3.63) is 12.2 Å². The fraction of sp³-hybridized carbons (Fsp3) is 0.821. The third-order valence-corrected chi connectivity index (χ3v) is 9.56. The molecule has 0 bridgehead atoms. The van der Waals surface area contributed by atoms with Crippen molar-refractivity contribution in [2.45, 2.75) is 111 Å². The van der Waals surface area contributed by atoms with Gasteiger partial charge in [0.25, 0.3) is 0 Å². The first-order valence-electron chi connectivity index (χ1n) is 13.2. The van der Waals surface area contributed by atoms with E-state index in [4.69, 9.17) is 0 Å². The smallest absolute Gasteiger partial charge is 0.324 e.